The maximum Gasteiger partial charge on any atom is 0.165 e. The first-order valence-electron chi connectivity index (χ1n) is 8.16. The Hall–Kier alpha value is -2.07. The minimum absolute atomic E-state index is 0.538. The molecule has 1 fully saturated rings. The van der Waals surface area contributed by atoms with Crippen molar-refractivity contribution in [2.24, 2.45) is 0 Å². The Morgan fingerprint density at radius 2 is 2.00 bits per heavy atom. The molecule has 4 nitrogen and oxygen atoms in total. The summed E-state index contributed by atoms with van der Waals surface area (Å²) in [6.07, 6.45) is 10.2. The SMILES string of the molecule is Clc1cccc(-c2cnn3ccc(NC4CCCCC4)nc23)c1. The predicted octanol–water partition coefficient (Wildman–Crippen LogP) is 4.79. The molecule has 0 bridgehead atoms. The van der Waals surface area contributed by atoms with E-state index in [0.29, 0.717) is 6.04 Å². The van der Waals surface area contributed by atoms with E-state index in [1.807, 2.05) is 47.2 Å². The number of anilines is 1. The predicted molar refractivity (Wildman–Crippen MR) is 93.9 cm³/mol. The molecule has 0 spiro atoms. The fraction of sp³-hybridized carbons (Fsp3) is 0.333. The van der Waals surface area contributed by atoms with Crippen molar-refractivity contribution in [3.05, 3.63) is 47.7 Å². The highest BCUT2D eigenvalue weighted by Crippen LogP contribution is 2.27. The molecule has 0 amide bonds. The molecule has 4 rings (SSSR count). The van der Waals surface area contributed by atoms with Crippen LogP contribution in [0, 0.1) is 0 Å². The van der Waals surface area contributed by atoms with Crippen molar-refractivity contribution in [2.75, 3.05) is 5.32 Å². The van der Waals surface area contributed by atoms with Gasteiger partial charge < -0.3 is 5.32 Å². The van der Waals surface area contributed by atoms with Gasteiger partial charge in [0.05, 0.1) is 6.20 Å². The van der Waals surface area contributed by atoms with Gasteiger partial charge in [0.1, 0.15) is 5.82 Å². The van der Waals surface area contributed by atoms with E-state index >= 15 is 0 Å². The fourth-order valence-electron chi connectivity index (χ4n) is 3.26. The maximum absolute atomic E-state index is 6.11. The van der Waals surface area contributed by atoms with Gasteiger partial charge in [-0.3, -0.25) is 0 Å². The van der Waals surface area contributed by atoms with Crippen LogP contribution in [-0.4, -0.2) is 20.6 Å². The first-order valence-corrected chi connectivity index (χ1v) is 8.54. The lowest BCUT2D eigenvalue weighted by molar-refractivity contribution is 0.462. The Labute approximate surface area is 140 Å². The van der Waals surface area contributed by atoms with Crippen LogP contribution in [0.5, 0.6) is 0 Å². The second-order valence-corrected chi connectivity index (χ2v) is 6.57. The van der Waals surface area contributed by atoms with Crippen molar-refractivity contribution >= 4 is 23.1 Å². The zero-order chi connectivity index (χ0) is 15.6. The summed E-state index contributed by atoms with van der Waals surface area (Å²) in [5.74, 6) is 0.924. The Morgan fingerprint density at radius 1 is 1.13 bits per heavy atom. The summed E-state index contributed by atoms with van der Waals surface area (Å²) < 4.78 is 1.81. The maximum atomic E-state index is 6.11. The van der Waals surface area contributed by atoms with Crippen LogP contribution >= 0.6 is 11.6 Å². The molecule has 1 aliphatic rings. The summed E-state index contributed by atoms with van der Waals surface area (Å²) in [6, 6.07) is 10.3. The number of benzene rings is 1. The van der Waals surface area contributed by atoms with E-state index in [2.05, 4.69) is 10.4 Å². The number of hydrogen-bond donors (Lipinski definition) is 1. The Kier molecular flexibility index (Phi) is 3.92. The zero-order valence-electron chi connectivity index (χ0n) is 12.9. The molecule has 0 radical (unpaired) electrons. The molecular weight excluding hydrogens is 308 g/mol. The van der Waals surface area contributed by atoms with E-state index in [1.165, 1.54) is 32.1 Å². The first kappa shape index (κ1) is 14.5. The monoisotopic (exact) mass is 326 g/mol. The van der Waals surface area contributed by atoms with E-state index in [1.54, 1.807) is 0 Å². The Bertz CT molecular complexity index is 821. The molecule has 0 atom stereocenters. The van der Waals surface area contributed by atoms with Crippen molar-refractivity contribution in [1.29, 1.82) is 0 Å². The number of nitrogens with one attached hydrogen (secondary N) is 1. The minimum Gasteiger partial charge on any atom is -0.367 e. The number of rotatable bonds is 3. The zero-order valence-corrected chi connectivity index (χ0v) is 13.6. The molecule has 1 saturated carbocycles. The van der Waals surface area contributed by atoms with Crippen LogP contribution in [0.4, 0.5) is 5.82 Å². The molecule has 1 aromatic carbocycles. The van der Waals surface area contributed by atoms with Crippen LogP contribution in [-0.2, 0) is 0 Å². The van der Waals surface area contributed by atoms with Gasteiger partial charge in [-0.05, 0) is 36.6 Å². The van der Waals surface area contributed by atoms with Gasteiger partial charge >= 0.3 is 0 Å². The van der Waals surface area contributed by atoms with Crippen LogP contribution in [0.3, 0.4) is 0 Å². The van der Waals surface area contributed by atoms with Crippen molar-refractivity contribution in [2.45, 2.75) is 38.1 Å². The minimum atomic E-state index is 0.538. The molecule has 5 heteroatoms. The highest BCUT2D eigenvalue weighted by Gasteiger charge is 2.15. The van der Waals surface area contributed by atoms with E-state index < -0.39 is 0 Å². The average Bonchev–Trinajstić information content (AvgIpc) is 2.99. The third-order valence-electron chi connectivity index (χ3n) is 4.46. The van der Waals surface area contributed by atoms with Gasteiger partial charge in [-0.25, -0.2) is 9.50 Å². The fourth-order valence-corrected chi connectivity index (χ4v) is 3.46. The van der Waals surface area contributed by atoms with Gasteiger partial charge in [-0.2, -0.15) is 5.10 Å². The number of hydrogen-bond acceptors (Lipinski definition) is 3. The molecule has 1 N–H and O–H groups in total. The third kappa shape index (κ3) is 3.04. The van der Waals surface area contributed by atoms with Gasteiger partial charge in [-0.15, -0.1) is 0 Å². The molecule has 3 aromatic rings. The second kappa shape index (κ2) is 6.20. The molecule has 0 aliphatic heterocycles. The summed E-state index contributed by atoms with van der Waals surface area (Å²) >= 11 is 6.11. The molecule has 23 heavy (non-hydrogen) atoms. The van der Waals surface area contributed by atoms with Crippen LogP contribution < -0.4 is 5.32 Å². The molecule has 1 aliphatic carbocycles. The Morgan fingerprint density at radius 3 is 2.83 bits per heavy atom. The van der Waals surface area contributed by atoms with Gasteiger partial charge in [0.2, 0.25) is 0 Å². The van der Waals surface area contributed by atoms with Gasteiger partial charge in [0.25, 0.3) is 0 Å². The van der Waals surface area contributed by atoms with Gasteiger partial charge in [0.15, 0.2) is 5.65 Å². The van der Waals surface area contributed by atoms with E-state index in [0.717, 1.165) is 27.6 Å². The van der Waals surface area contributed by atoms with Crippen molar-refractivity contribution < 1.29 is 0 Å². The number of aromatic nitrogens is 3. The standard InChI is InChI=1S/C18H19ClN4/c19-14-6-4-5-13(11-14)16-12-20-23-10-9-17(22-18(16)23)21-15-7-2-1-3-8-15/h4-6,9-12,15H,1-3,7-8H2,(H,21,22). The van der Waals surface area contributed by atoms with Gasteiger partial charge in [-0.1, -0.05) is 43.0 Å². The van der Waals surface area contributed by atoms with Crippen molar-refractivity contribution in [3.63, 3.8) is 0 Å². The molecule has 118 valence electrons. The molecule has 2 heterocycles. The summed E-state index contributed by atoms with van der Waals surface area (Å²) in [4.78, 5) is 4.78. The quantitative estimate of drug-likeness (QED) is 0.752. The highest BCUT2D eigenvalue weighted by atomic mass is 35.5. The van der Waals surface area contributed by atoms with Crippen molar-refractivity contribution in [3.8, 4) is 11.1 Å². The lowest BCUT2D eigenvalue weighted by Crippen LogP contribution is -2.22. The largest absolute Gasteiger partial charge is 0.367 e. The second-order valence-electron chi connectivity index (χ2n) is 6.13. The molecule has 0 saturated heterocycles. The van der Waals surface area contributed by atoms with Crippen LogP contribution in [0.1, 0.15) is 32.1 Å². The normalized spacial score (nSPS) is 15.9. The van der Waals surface area contributed by atoms with Gasteiger partial charge in [0, 0.05) is 22.8 Å². The summed E-state index contributed by atoms with van der Waals surface area (Å²) in [6.45, 7) is 0. The first-order chi connectivity index (χ1) is 11.3. The number of fused-ring (bicyclic) bond motifs is 1. The lowest BCUT2D eigenvalue weighted by Gasteiger charge is -2.23. The number of halogens is 1. The number of nitrogens with zero attached hydrogens (tertiary/aromatic N) is 3. The van der Waals surface area contributed by atoms with Crippen LogP contribution in [0.15, 0.2) is 42.7 Å². The molecular formula is C18H19ClN4. The van der Waals surface area contributed by atoms with E-state index in [4.69, 9.17) is 16.6 Å². The Balaban J connectivity index is 1.68. The van der Waals surface area contributed by atoms with Crippen LogP contribution in [0.25, 0.3) is 16.8 Å². The lowest BCUT2D eigenvalue weighted by atomic mass is 9.95. The van der Waals surface area contributed by atoms with Crippen molar-refractivity contribution in [1.82, 2.24) is 14.6 Å². The summed E-state index contributed by atoms with van der Waals surface area (Å²) in [5, 5.41) is 8.69. The third-order valence-corrected chi connectivity index (χ3v) is 4.70. The smallest absolute Gasteiger partial charge is 0.165 e. The average molecular weight is 327 g/mol. The highest BCUT2D eigenvalue weighted by molar-refractivity contribution is 6.30. The van der Waals surface area contributed by atoms with E-state index in [9.17, 15) is 0 Å². The molecule has 0 unspecified atom stereocenters. The van der Waals surface area contributed by atoms with E-state index in [-0.39, 0.29) is 0 Å². The van der Waals surface area contributed by atoms with Crippen LogP contribution in [0.2, 0.25) is 5.02 Å². The summed E-state index contributed by atoms with van der Waals surface area (Å²) in [7, 11) is 0. The molecule has 2 aromatic heterocycles. The summed E-state index contributed by atoms with van der Waals surface area (Å²) in [5.41, 5.74) is 2.89. The topological polar surface area (TPSA) is 42.2 Å².